The molecular formula is C14H12CaCl2O2. The minimum absolute atomic E-state index is 0. The Kier molecular flexibility index (Phi) is 6.64. The molecule has 0 aliphatic rings. The Morgan fingerprint density at radius 3 is 1.58 bits per heavy atom. The number of benzene rings is 2. The molecule has 0 amide bonds. The van der Waals surface area contributed by atoms with Gasteiger partial charge < -0.3 is 4.29 Å². The van der Waals surface area contributed by atoms with Crippen LogP contribution in [0.3, 0.4) is 0 Å². The summed E-state index contributed by atoms with van der Waals surface area (Å²) in [5.74, 6) is -0.719. The van der Waals surface area contributed by atoms with E-state index in [9.17, 15) is 4.79 Å². The first-order chi connectivity index (χ1) is 8.69. The SMILES string of the molecule is O=C(OCl)C(Cl)(c1ccccc1)c1ccccc1.[CaH2]. The molecule has 2 aromatic carbocycles. The van der Waals surface area contributed by atoms with E-state index in [1.807, 2.05) is 12.1 Å². The number of rotatable bonds is 3. The first-order valence-corrected chi connectivity index (χ1v) is 6.01. The Labute approximate surface area is 151 Å². The number of hydrogen-bond donors (Lipinski definition) is 0. The molecule has 2 nitrogen and oxygen atoms in total. The topological polar surface area (TPSA) is 26.3 Å². The number of halogens is 2. The molecule has 0 spiro atoms. The molecule has 0 unspecified atom stereocenters. The fraction of sp³-hybridized carbons (Fsp3) is 0.0714. The van der Waals surface area contributed by atoms with Crippen molar-refractivity contribution in [1.82, 2.24) is 0 Å². The molecule has 0 radical (unpaired) electrons. The summed E-state index contributed by atoms with van der Waals surface area (Å²) >= 11 is 11.7. The molecule has 0 N–H and O–H groups in total. The average molecular weight is 323 g/mol. The molecule has 2 aromatic rings. The third-order valence-electron chi connectivity index (χ3n) is 2.69. The predicted molar refractivity (Wildman–Crippen MR) is 80.0 cm³/mol. The molecular weight excluding hydrogens is 311 g/mol. The molecule has 0 atom stereocenters. The zero-order valence-corrected chi connectivity index (χ0v) is 10.9. The summed E-state index contributed by atoms with van der Waals surface area (Å²) in [5.41, 5.74) is 1.23. The normalized spacial score (nSPS) is 10.4. The first-order valence-electron chi connectivity index (χ1n) is 5.32. The maximum absolute atomic E-state index is 11.9. The summed E-state index contributed by atoms with van der Waals surface area (Å²) in [5, 5.41) is 0. The van der Waals surface area contributed by atoms with E-state index in [1.165, 1.54) is 0 Å². The van der Waals surface area contributed by atoms with Gasteiger partial charge in [-0.1, -0.05) is 72.3 Å². The van der Waals surface area contributed by atoms with Gasteiger partial charge in [0.1, 0.15) is 11.9 Å². The van der Waals surface area contributed by atoms with E-state index in [2.05, 4.69) is 4.29 Å². The van der Waals surface area contributed by atoms with Crippen molar-refractivity contribution >= 4 is 67.2 Å². The van der Waals surface area contributed by atoms with Crippen molar-refractivity contribution in [3.8, 4) is 0 Å². The number of hydrogen-bond acceptors (Lipinski definition) is 2. The van der Waals surface area contributed by atoms with Gasteiger partial charge in [0.2, 0.25) is 0 Å². The quantitative estimate of drug-likeness (QED) is 0.641. The Morgan fingerprint density at radius 2 is 1.26 bits per heavy atom. The molecule has 0 aromatic heterocycles. The molecule has 0 saturated heterocycles. The van der Waals surface area contributed by atoms with Gasteiger partial charge in [-0.3, -0.25) is 0 Å². The van der Waals surface area contributed by atoms with E-state index < -0.39 is 10.8 Å². The number of alkyl halides is 1. The van der Waals surface area contributed by atoms with E-state index in [4.69, 9.17) is 23.5 Å². The molecule has 2 rings (SSSR count). The fourth-order valence-electron chi connectivity index (χ4n) is 1.79. The van der Waals surface area contributed by atoms with Crippen molar-refractivity contribution < 1.29 is 9.08 Å². The van der Waals surface area contributed by atoms with Gasteiger partial charge >= 0.3 is 43.7 Å². The van der Waals surface area contributed by atoms with Gasteiger partial charge in [-0.15, -0.1) is 0 Å². The summed E-state index contributed by atoms with van der Waals surface area (Å²) in [6, 6.07) is 17.9. The van der Waals surface area contributed by atoms with Gasteiger partial charge in [-0.05, 0) is 11.1 Å². The van der Waals surface area contributed by atoms with Gasteiger partial charge in [0, 0.05) is 0 Å². The molecule has 0 aliphatic carbocycles. The van der Waals surface area contributed by atoms with E-state index in [-0.39, 0.29) is 37.7 Å². The molecule has 19 heavy (non-hydrogen) atoms. The third kappa shape index (κ3) is 3.45. The predicted octanol–water partition coefficient (Wildman–Crippen LogP) is 2.95. The molecule has 0 saturated carbocycles. The van der Waals surface area contributed by atoms with Crippen molar-refractivity contribution in [2.75, 3.05) is 0 Å². The first kappa shape index (κ1) is 16.8. The van der Waals surface area contributed by atoms with E-state index >= 15 is 0 Å². The van der Waals surface area contributed by atoms with Crippen molar-refractivity contribution in [1.29, 1.82) is 0 Å². The van der Waals surface area contributed by atoms with Crippen LogP contribution in [-0.2, 0) is 14.0 Å². The van der Waals surface area contributed by atoms with Crippen LogP contribution in [0.1, 0.15) is 11.1 Å². The fourth-order valence-corrected chi connectivity index (χ4v) is 2.24. The molecule has 5 heteroatoms. The Hall–Kier alpha value is -0.250. The molecule has 0 bridgehead atoms. The summed E-state index contributed by atoms with van der Waals surface area (Å²) in [7, 11) is 0. The standard InChI is InChI=1S/C14H10Cl2O2.Ca.2H/c15-14(13(17)18-16,11-7-3-1-4-8-11)12-9-5-2-6-10-12;;;/h1-10H;;;. The average Bonchev–Trinajstić information content (AvgIpc) is 2.47. The van der Waals surface area contributed by atoms with Crippen LogP contribution in [-0.4, -0.2) is 43.7 Å². The molecule has 96 valence electrons. The summed E-state index contributed by atoms with van der Waals surface area (Å²) in [4.78, 5) is 10.5. The van der Waals surface area contributed by atoms with Crippen LogP contribution < -0.4 is 0 Å². The van der Waals surface area contributed by atoms with Gasteiger partial charge in [-0.2, -0.15) is 0 Å². The summed E-state index contributed by atoms with van der Waals surface area (Å²) in [6.07, 6.45) is 0. The van der Waals surface area contributed by atoms with Crippen LogP contribution in [0.25, 0.3) is 0 Å². The minimum atomic E-state index is -1.43. The van der Waals surface area contributed by atoms with E-state index in [0.29, 0.717) is 11.1 Å². The number of carbonyl (C=O) groups is 1. The zero-order chi connectivity index (χ0) is 13.0. The second-order valence-electron chi connectivity index (χ2n) is 3.76. The van der Waals surface area contributed by atoms with Crippen LogP contribution in [0.5, 0.6) is 0 Å². The van der Waals surface area contributed by atoms with Crippen LogP contribution in [0.2, 0.25) is 0 Å². The Bertz CT molecular complexity index is 492. The van der Waals surface area contributed by atoms with Crippen LogP contribution >= 0.6 is 23.5 Å². The molecule has 0 heterocycles. The molecule has 0 aliphatic heterocycles. The van der Waals surface area contributed by atoms with Gasteiger partial charge in [0.05, 0.1) is 0 Å². The number of carbonyl (C=O) groups excluding carboxylic acids is 1. The third-order valence-corrected chi connectivity index (χ3v) is 3.43. The van der Waals surface area contributed by atoms with Crippen molar-refractivity contribution in [3.05, 3.63) is 71.8 Å². The van der Waals surface area contributed by atoms with Gasteiger partial charge in [0.25, 0.3) is 0 Å². The van der Waals surface area contributed by atoms with Gasteiger partial charge in [0.15, 0.2) is 4.87 Å². The van der Waals surface area contributed by atoms with Crippen LogP contribution in [0, 0.1) is 0 Å². The second-order valence-corrected chi connectivity index (χ2v) is 4.48. The van der Waals surface area contributed by atoms with Crippen molar-refractivity contribution in [3.63, 3.8) is 0 Å². The second kappa shape index (κ2) is 7.51. The van der Waals surface area contributed by atoms with E-state index in [1.54, 1.807) is 48.5 Å². The monoisotopic (exact) mass is 322 g/mol. The zero-order valence-electron chi connectivity index (χ0n) is 9.35. The summed E-state index contributed by atoms with van der Waals surface area (Å²) < 4.78 is 4.33. The molecule has 0 fully saturated rings. The van der Waals surface area contributed by atoms with Crippen molar-refractivity contribution in [2.45, 2.75) is 4.87 Å². The van der Waals surface area contributed by atoms with E-state index in [0.717, 1.165) is 0 Å². The van der Waals surface area contributed by atoms with Crippen molar-refractivity contribution in [2.24, 2.45) is 0 Å². The maximum atomic E-state index is 11.9. The van der Waals surface area contributed by atoms with Crippen LogP contribution in [0.4, 0.5) is 0 Å². The van der Waals surface area contributed by atoms with Crippen LogP contribution in [0.15, 0.2) is 60.7 Å². The van der Waals surface area contributed by atoms with Gasteiger partial charge in [-0.25, -0.2) is 4.79 Å². The Balaban J connectivity index is 0.00000180. The summed E-state index contributed by atoms with van der Waals surface area (Å²) in [6.45, 7) is 0. The Morgan fingerprint density at radius 1 is 0.895 bits per heavy atom.